The molecule has 188 valence electrons. The number of fused-ring (bicyclic) bond motifs is 3. The monoisotopic (exact) mass is 512 g/mol. The minimum atomic E-state index is -0.924. The Bertz CT molecular complexity index is 1530. The molecule has 8 heteroatoms. The van der Waals surface area contributed by atoms with Crippen molar-refractivity contribution in [3.8, 4) is 21.9 Å². The fraction of sp³-hybridized carbons (Fsp3) is 0.241. The van der Waals surface area contributed by atoms with Crippen LogP contribution in [0.4, 0.5) is 0 Å². The number of aliphatic carboxylic acids is 1. The van der Waals surface area contributed by atoms with Gasteiger partial charge in [-0.05, 0) is 56.5 Å². The number of nitrogens with zero attached hydrogens (tertiary/aromatic N) is 4. The van der Waals surface area contributed by atoms with Gasteiger partial charge in [-0.2, -0.15) is 0 Å². The number of ether oxygens (including phenoxy) is 1. The summed E-state index contributed by atoms with van der Waals surface area (Å²) >= 11 is 1.65. The van der Waals surface area contributed by atoms with E-state index in [9.17, 15) is 9.90 Å². The number of aromatic nitrogens is 3. The lowest BCUT2D eigenvalue weighted by molar-refractivity contribution is -0.141. The number of benzene rings is 2. The van der Waals surface area contributed by atoms with Gasteiger partial charge in [0.1, 0.15) is 29.2 Å². The molecule has 7 nitrogen and oxygen atoms in total. The summed E-state index contributed by atoms with van der Waals surface area (Å²) in [5.74, 6) is 0.355. The second kappa shape index (κ2) is 9.78. The highest BCUT2D eigenvalue weighted by molar-refractivity contribution is 7.15. The molecule has 0 aliphatic carbocycles. The van der Waals surface area contributed by atoms with Crippen LogP contribution < -0.4 is 4.74 Å². The first-order valence-corrected chi connectivity index (χ1v) is 12.9. The summed E-state index contributed by atoms with van der Waals surface area (Å²) < 4.78 is 7.67. The van der Waals surface area contributed by atoms with Gasteiger partial charge in [-0.3, -0.25) is 14.4 Å². The lowest BCUT2D eigenvalue weighted by Gasteiger charge is -2.16. The van der Waals surface area contributed by atoms with Crippen LogP contribution in [0.1, 0.15) is 46.2 Å². The van der Waals surface area contributed by atoms with Crippen LogP contribution in [0, 0.1) is 26.7 Å². The molecule has 0 amide bonds. The molecule has 1 aliphatic heterocycles. The zero-order valence-electron chi connectivity index (χ0n) is 21.2. The number of rotatable bonds is 7. The van der Waals surface area contributed by atoms with Crippen molar-refractivity contribution in [3.63, 3.8) is 0 Å². The molecule has 0 saturated heterocycles. The van der Waals surface area contributed by atoms with Crippen LogP contribution in [0.5, 0.6) is 5.75 Å². The highest BCUT2D eigenvalue weighted by Gasteiger charge is 2.36. The van der Waals surface area contributed by atoms with Crippen LogP contribution >= 0.6 is 11.3 Å². The number of aliphatic imine (C=N–C) groups is 1. The molecule has 5 rings (SSSR count). The molecular weight excluding hydrogens is 484 g/mol. The lowest BCUT2D eigenvalue weighted by atomic mass is 9.96. The van der Waals surface area contributed by atoms with Crippen molar-refractivity contribution in [1.29, 1.82) is 0 Å². The van der Waals surface area contributed by atoms with Crippen LogP contribution in [0.25, 0.3) is 16.1 Å². The van der Waals surface area contributed by atoms with Crippen LogP contribution in [0.3, 0.4) is 0 Å². The third kappa shape index (κ3) is 4.38. The number of thiophene rings is 1. The van der Waals surface area contributed by atoms with Crippen molar-refractivity contribution in [2.24, 2.45) is 10.9 Å². The van der Waals surface area contributed by atoms with Crippen LogP contribution in [0.15, 0.2) is 66.2 Å². The van der Waals surface area contributed by atoms with Crippen LogP contribution in [0.2, 0.25) is 0 Å². The van der Waals surface area contributed by atoms with E-state index in [0.29, 0.717) is 18.3 Å². The summed E-state index contributed by atoms with van der Waals surface area (Å²) in [7, 11) is 0. The second-order valence-electron chi connectivity index (χ2n) is 9.16. The molecule has 1 aliphatic rings. The third-order valence-corrected chi connectivity index (χ3v) is 7.94. The predicted molar refractivity (Wildman–Crippen MR) is 146 cm³/mol. The van der Waals surface area contributed by atoms with Crippen molar-refractivity contribution in [2.45, 2.75) is 33.7 Å². The van der Waals surface area contributed by atoms with Crippen molar-refractivity contribution in [1.82, 2.24) is 14.8 Å². The molecule has 37 heavy (non-hydrogen) atoms. The van der Waals surface area contributed by atoms with E-state index in [1.807, 2.05) is 47.9 Å². The van der Waals surface area contributed by atoms with Gasteiger partial charge >= 0.3 is 5.97 Å². The van der Waals surface area contributed by atoms with Gasteiger partial charge in [0.25, 0.3) is 0 Å². The number of carboxylic acids is 1. The van der Waals surface area contributed by atoms with Gasteiger partial charge in [0, 0.05) is 16.0 Å². The minimum Gasteiger partial charge on any atom is -0.490 e. The maximum atomic E-state index is 12.1. The molecule has 2 aromatic carbocycles. The average molecular weight is 513 g/mol. The van der Waals surface area contributed by atoms with Gasteiger partial charge in [0.05, 0.1) is 11.6 Å². The van der Waals surface area contributed by atoms with Gasteiger partial charge < -0.3 is 9.84 Å². The van der Waals surface area contributed by atoms with E-state index >= 15 is 0 Å². The quantitative estimate of drug-likeness (QED) is 0.302. The molecule has 0 spiro atoms. The van der Waals surface area contributed by atoms with E-state index in [1.165, 1.54) is 4.88 Å². The Balaban J connectivity index is 1.63. The largest absolute Gasteiger partial charge is 0.490 e. The Kier molecular flexibility index (Phi) is 6.52. The van der Waals surface area contributed by atoms with Crippen LogP contribution in [-0.2, 0) is 4.79 Å². The molecule has 0 bridgehead atoms. The Morgan fingerprint density at radius 3 is 2.57 bits per heavy atom. The molecular formula is C29H28N4O3S. The maximum absolute atomic E-state index is 12.1. The van der Waals surface area contributed by atoms with E-state index in [2.05, 4.69) is 42.8 Å². The SMILES string of the molecule is C=CCOc1cccc(-c2ccc(C3=N[C@@H](C(C)C(=O)O)c4nnc(C)n4-c4sc(C)c(C)c43)cc2)c1. The number of carbonyl (C=O) groups is 1. The molecule has 2 aromatic heterocycles. The summed E-state index contributed by atoms with van der Waals surface area (Å²) in [6.07, 6.45) is 1.72. The highest BCUT2D eigenvalue weighted by atomic mass is 32.1. The number of aryl methyl sites for hydroxylation is 2. The molecule has 2 atom stereocenters. The van der Waals surface area contributed by atoms with E-state index in [4.69, 9.17) is 9.73 Å². The van der Waals surface area contributed by atoms with Crippen molar-refractivity contribution >= 4 is 23.0 Å². The Morgan fingerprint density at radius 2 is 1.86 bits per heavy atom. The standard InChI is InChI=1S/C29H28N4O3S/c1-6-14-36-23-9-7-8-22(15-23)20-10-12-21(13-11-20)26-24-16(2)18(4)37-28(24)33-19(5)31-32-27(33)25(30-26)17(3)29(34)35/h6-13,15,17,25H,1,14H2,2-5H3,(H,34,35)/t17?,25-/m0/s1. The fourth-order valence-corrected chi connectivity index (χ4v) is 5.77. The summed E-state index contributed by atoms with van der Waals surface area (Å²) in [6.45, 7) is 11.9. The Morgan fingerprint density at radius 1 is 1.14 bits per heavy atom. The van der Waals surface area contributed by atoms with Gasteiger partial charge in [0.15, 0.2) is 5.82 Å². The van der Waals surface area contributed by atoms with E-state index in [0.717, 1.165) is 44.3 Å². The van der Waals surface area contributed by atoms with E-state index < -0.39 is 17.9 Å². The van der Waals surface area contributed by atoms with Gasteiger partial charge in [0.2, 0.25) is 0 Å². The zero-order valence-corrected chi connectivity index (χ0v) is 22.0. The Labute approximate surface area is 219 Å². The first kappa shape index (κ1) is 24.6. The summed E-state index contributed by atoms with van der Waals surface area (Å²) in [6, 6.07) is 15.5. The Hall–Kier alpha value is -4.04. The topological polar surface area (TPSA) is 89.6 Å². The number of hydrogen-bond donors (Lipinski definition) is 1. The zero-order chi connectivity index (χ0) is 26.3. The van der Waals surface area contributed by atoms with E-state index in [1.54, 1.807) is 24.3 Å². The van der Waals surface area contributed by atoms with Crippen molar-refractivity contribution in [2.75, 3.05) is 6.61 Å². The minimum absolute atomic E-state index is 0.451. The summed E-state index contributed by atoms with van der Waals surface area (Å²) in [4.78, 5) is 18.3. The molecule has 1 unspecified atom stereocenters. The predicted octanol–water partition coefficient (Wildman–Crippen LogP) is 6.10. The van der Waals surface area contributed by atoms with Crippen LogP contribution in [-0.4, -0.2) is 38.2 Å². The van der Waals surface area contributed by atoms with Gasteiger partial charge in [-0.25, -0.2) is 0 Å². The number of carboxylic acid groups (broad SMARTS) is 1. The molecule has 0 saturated carbocycles. The van der Waals surface area contributed by atoms with Crippen molar-refractivity contribution < 1.29 is 14.6 Å². The average Bonchev–Trinajstić information content (AvgIpc) is 3.37. The van der Waals surface area contributed by atoms with E-state index in [-0.39, 0.29) is 0 Å². The molecule has 1 N–H and O–H groups in total. The van der Waals surface area contributed by atoms with Gasteiger partial charge in [-0.1, -0.05) is 49.1 Å². The smallest absolute Gasteiger partial charge is 0.308 e. The number of hydrogen-bond acceptors (Lipinski definition) is 6. The fourth-order valence-electron chi connectivity index (χ4n) is 4.56. The van der Waals surface area contributed by atoms with Gasteiger partial charge in [-0.15, -0.1) is 21.5 Å². The molecule has 0 radical (unpaired) electrons. The van der Waals surface area contributed by atoms with Crippen molar-refractivity contribution in [3.05, 3.63) is 94.4 Å². The maximum Gasteiger partial charge on any atom is 0.308 e. The summed E-state index contributed by atoms with van der Waals surface area (Å²) in [5, 5.41) is 19.5. The summed E-state index contributed by atoms with van der Waals surface area (Å²) in [5.41, 5.74) is 5.90. The lowest BCUT2D eigenvalue weighted by Crippen LogP contribution is -2.21. The molecule has 3 heterocycles. The third-order valence-electron chi connectivity index (χ3n) is 6.75. The molecule has 0 fully saturated rings. The molecule has 4 aromatic rings. The normalized spacial score (nSPS) is 15.2. The first-order valence-electron chi connectivity index (χ1n) is 12.1. The second-order valence-corrected chi connectivity index (χ2v) is 10.4. The highest BCUT2D eigenvalue weighted by Crippen LogP contribution is 2.40. The first-order chi connectivity index (χ1) is 17.8.